The van der Waals surface area contributed by atoms with Gasteiger partial charge in [-0.1, -0.05) is 34.1 Å². The van der Waals surface area contributed by atoms with Crippen molar-refractivity contribution in [1.29, 1.82) is 0 Å². The van der Waals surface area contributed by atoms with E-state index in [0.29, 0.717) is 67.9 Å². The van der Waals surface area contributed by atoms with Gasteiger partial charge in [0, 0.05) is 19.5 Å². The zero-order valence-electron chi connectivity index (χ0n) is 24.6. The number of piperidine rings is 1. The lowest BCUT2D eigenvalue weighted by molar-refractivity contribution is -0.203. The molecule has 0 bridgehead atoms. The standard InChI is InChI=1S/C31H53NO6S/c1-5-22-26-18-20(33)10-14-31(26,4)25-11-15-30(3)23(7-8-24(30)28(25)29(22)35)19(2)6-9-27(34)32-16-12-21(13-17-32)39(36,37)38/h19-26,28-29,33,35H,5-18H2,1-4H3,(H,36,37,38). The van der Waals surface area contributed by atoms with Crippen LogP contribution >= 0.6 is 0 Å². The molecule has 5 fully saturated rings. The summed E-state index contributed by atoms with van der Waals surface area (Å²) in [6.07, 6.45) is 9.94. The van der Waals surface area contributed by atoms with E-state index in [-0.39, 0.29) is 34.9 Å². The molecule has 11 atom stereocenters. The summed E-state index contributed by atoms with van der Waals surface area (Å²) in [7, 11) is -4.03. The topological polar surface area (TPSA) is 115 Å². The van der Waals surface area contributed by atoms with E-state index in [0.717, 1.165) is 32.1 Å². The summed E-state index contributed by atoms with van der Waals surface area (Å²) in [5.74, 6) is 3.15. The van der Waals surface area contributed by atoms with Crippen LogP contribution in [-0.4, -0.2) is 64.5 Å². The molecule has 3 N–H and O–H groups in total. The van der Waals surface area contributed by atoms with Gasteiger partial charge in [-0.15, -0.1) is 0 Å². The Morgan fingerprint density at radius 1 is 0.949 bits per heavy atom. The number of carbonyl (C=O) groups excluding carboxylic acids is 1. The second kappa shape index (κ2) is 10.9. The van der Waals surface area contributed by atoms with Gasteiger partial charge in [-0.25, -0.2) is 0 Å². The number of amides is 1. The van der Waals surface area contributed by atoms with Gasteiger partial charge in [-0.05, 0) is 116 Å². The van der Waals surface area contributed by atoms with Crippen LogP contribution in [0.5, 0.6) is 0 Å². The summed E-state index contributed by atoms with van der Waals surface area (Å²) in [4.78, 5) is 14.8. The van der Waals surface area contributed by atoms with Gasteiger partial charge in [0.15, 0.2) is 0 Å². The molecule has 224 valence electrons. The number of aliphatic hydroxyl groups excluding tert-OH is 2. The summed E-state index contributed by atoms with van der Waals surface area (Å²) >= 11 is 0. The van der Waals surface area contributed by atoms with Gasteiger partial charge in [0.25, 0.3) is 10.1 Å². The average molecular weight is 568 g/mol. The second-order valence-electron chi connectivity index (χ2n) is 14.7. The first-order chi connectivity index (χ1) is 18.3. The third-order valence-electron chi connectivity index (χ3n) is 13.2. The molecule has 7 nitrogen and oxygen atoms in total. The van der Waals surface area contributed by atoms with E-state index < -0.39 is 15.4 Å². The highest BCUT2D eigenvalue weighted by Crippen LogP contribution is 2.69. The number of hydrogen-bond acceptors (Lipinski definition) is 5. The van der Waals surface area contributed by atoms with Crippen molar-refractivity contribution >= 4 is 16.0 Å². The maximum atomic E-state index is 13.0. The molecule has 11 unspecified atom stereocenters. The molecule has 0 aromatic heterocycles. The van der Waals surface area contributed by atoms with E-state index in [1.807, 2.05) is 0 Å². The molecule has 1 heterocycles. The lowest BCUT2D eigenvalue weighted by Crippen LogP contribution is -2.62. The van der Waals surface area contributed by atoms with E-state index >= 15 is 0 Å². The zero-order chi connectivity index (χ0) is 28.3. The normalized spacial score (nSPS) is 45.8. The molecule has 0 aromatic rings. The van der Waals surface area contributed by atoms with Crippen molar-refractivity contribution in [2.75, 3.05) is 13.1 Å². The highest BCUT2D eigenvalue weighted by molar-refractivity contribution is 7.86. The quantitative estimate of drug-likeness (QED) is 0.393. The van der Waals surface area contributed by atoms with E-state index in [1.165, 1.54) is 25.7 Å². The Balaban J connectivity index is 1.24. The summed E-state index contributed by atoms with van der Waals surface area (Å²) in [6, 6.07) is 0. The third-order valence-corrected chi connectivity index (χ3v) is 14.5. The zero-order valence-corrected chi connectivity index (χ0v) is 25.4. The van der Waals surface area contributed by atoms with Gasteiger partial charge in [0.2, 0.25) is 5.91 Å². The highest BCUT2D eigenvalue weighted by Gasteiger charge is 2.64. The molecule has 5 aliphatic rings. The SMILES string of the molecule is CCC1C(O)C2C3CCC(C(C)CCC(=O)N4CCC(S(=O)(=O)O)CC4)C3(C)CCC2C2(C)CCC(O)CC12. The number of nitrogens with zero attached hydrogens (tertiary/aromatic N) is 1. The van der Waals surface area contributed by atoms with Crippen LogP contribution in [0.3, 0.4) is 0 Å². The van der Waals surface area contributed by atoms with Crippen LogP contribution in [0.4, 0.5) is 0 Å². The van der Waals surface area contributed by atoms with Crippen molar-refractivity contribution in [3.63, 3.8) is 0 Å². The predicted octanol–water partition coefficient (Wildman–Crippen LogP) is 4.91. The fourth-order valence-corrected chi connectivity index (χ4v) is 11.9. The maximum Gasteiger partial charge on any atom is 0.267 e. The highest BCUT2D eigenvalue weighted by atomic mass is 32.2. The van der Waals surface area contributed by atoms with Crippen LogP contribution in [0.25, 0.3) is 0 Å². The first-order valence-electron chi connectivity index (χ1n) is 15.9. The van der Waals surface area contributed by atoms with Crippen LogP contribution < -0.4 is 0 Å². The van der Waals surface area contributed by atoms with Gasteiger partial charge in [-0.2, -0.15) is 8.42 Å². The number of likely N-dealkylation sites (tertiary alicyclic amines) is 1. The predicted molar refractivity (Wildman–Crippen MR) is 151 cm³/mol. The molecule has 4 aliphatic carbocycles. The minimum Gasteiger partial charge on any atom is -0.393 e. The first-order valence-corrected chi connectivity index (χ1v) is 17.4. The maximum absolute atomic E-state index is 13.0. The minimum absolute atomic E-state index is 0.103. The Labute approximate surface area is 236 Å². The largest absolute Gasteiger partial charge is 0.393 e. The molecule has 0 spiro atoms. The number of carbonyl (C=O) groups is 1. The van der Waals surface area contributed by atoms with E-state index in [2.05, 4.69) is 27.7 Å². The number of fused-ring (bicyclic) bond motifs is 5. The Bertz CT molecular complexity index is 1010. The number of rotatable bonds is 6. The smallest absolute Gasteiger partial charge is 0.267 e. The first kappa shape index (κ1) is 29.8. The van der Waals surface area contributed by atoms with Crippen molar-refractivity contribution in [2.24, 2.45) is 52.3 Å². The average Bonchev–Trinajstić information content (AvgIpc) is 3.25. The lowest BCUT2D eigenvalue weighted by atomic mass is 9.41. The molecule has 8 heteroatoms. The molecular formula is C31H53NO6S. The molecule has 1 amide bonds. The Morgan fingerprint density at radius 3 is 2.23 bits per heavy atom. The van der Waals surface area contributed by atoms with Crippen LogP contribution in [0.2, 0.25) is 0 Å². The Hall–Kier alpha value is -0.700. The van der Waals surface area contributed by atoms with E-state index in [9.17, 15) is 28.0 Å². The summed E-state index contributed by atoms with van der Waals surface area (Å²) in [6.45, 7) is 10.3. The van der Waals surface area contributed by atoms with E-state index in [4.69, 9.17) is 0 Å². The number of hydrogen-bond donors (Lipinski definition) is 3. The van der Waals surface area contributed by atoms with Gasteiger partial charge < -0.3 is 15.1 Å². The van der Waals surface area contributed by atoms with Crippen molar-refractivity contribution < 1.29 is 28.0 Å². The molecule has 5 rings (SSSR count). The molecule has 39 heavy (non-hydrogen) atoms. The van der Waals surface area contributed by atoms with Gasteiger partial charge >= 0.3 is 0 Å². The van der Waals surface area contributed by atoms with Crippen molar-refractivity contribution in [1.82, 2.24) is 4.90 Å². The lowest BCUT2D eigenvalue weighted by Gasteiger charge is -2.64. The van der Waals surface area contributed by atoms with Crippen molar-refractivity contribution in [3.8, 4) is 0 Å². The van der Waals surface area contributed by atoms with Gasteiger partial charge in [-0.3, -0.25) is 9.35 Å². The summed E-state index contributed by atoms with van der Waals surface area (Å²) < 4.78 is 32.2. The molecular weight excluding hydrogens is 514 g/mol. The fraction of sp³-hybridized carbons (Fsp3) is 0.968. The van der Waals surface area contributed by atoms with Gasteiger partial charge in [0.1, 0.15) is 0 Å². The Kier molecular flexibility index (Phi) is 8.29. The molecule has 4 saturated carbocycles. The van der Waals surface area contributed by atoms with E-state index in [1.54, 1.807) is 4.90 Å². The molecule has 1 aliphatic heterocycles. The Morgan fingerprint density at radius 2 is 1.59 bits per heavy atom. The molecule has 0 radical (unpaired) electrons. The third kappa shape index (κ3) is 5.12. The van der Waals surface area contributed by atoms with Crippen LogP contribution in [-0.2, 0) is 14.9 Å². The molecule has 1 saturated heterocycles. The summed E-state index contributed by atoms with van der Waals surface area (Å²) in [5, 5.41) is 21.7. The van der Waals surface area contributed by atoms with Crippen molar-refractivity contribution in [3.05, 3.63) is 0 Å². The monoisotopic (exact) mass is 567 g/mol. The number of aliphatic hydroxyl groups is 2. The van der Waals surface area contributed by atoms with Crippen molar-refractivity contribution in [2.45, 2.75) is 122 Å². The molecule has 0 aromatic carbocycles. The van der Waals surface area contributed by atoms with Crippen LogP contribution in [0, 0.1) is 52.3 Å². The van der Waals surface area contributed by atoms with Crippen LogP contribution in [0.15, 0.2) is 0 Å². The fourth-order valence-electron chi connectivity index (χ4n) is 11.0. The minimum atomic E-state index is -4.03. The van der Waals surface area contributed by atoms with Gasteiger partial charge in [0.05, 0.1) is 17.5 Å². The second-order valence-corrected chi connectivity index (χ2v) is 16.4. The summed E-state index contributed by atoms with van der Waals surface area (Å²) in [5.41, 5.74) is 0.401. The van der Waals surface area contributed by atoms with Crippen LogP contribution in [0.1, 0.15) is 105 Å².